The zero-order valence-electron chi connectivity index (χ0n) is 7.26. The molecule has 0 aromatic carbocycles. The fraction of sp³-hybridized carbons (Fsp3) is 0.250. The highest BCUT2D eigenvalue weighted by molar-refractivity contribution is 5.64. The minimum absolute atomic E-state index is 0.280. The van der Waals surface area contributed by atoms with E-state index in [9.17, 15) is 0 Å². The molecule has 4 heteroatoms. The fourth-order valence-corrected chi connectivity index (χ4v) is 1.04. The van der Waals surface area contributed by atoms with Crippen molar-refractivity contribution >= 4 is 17.8 Å². The van der Waals surface area contributed by atoms with Gasteiger partial charge in [0.2, 0.25) is 5.95 Å². The molecule has 64 valence electrons. The van der Waals surface area contributed by atoms with Gasteiger partial charge < -0.3 is 11.1 Å². The van der Waals surface area contributed by atoms with E-state index in [1.165, 1.54) is 0 Å². The number of nitrogens with zero attached hydrogens (tertiary/aromatic N) is 2. The maximum absolute atomic E-state index is 5.46. The van der Waals surface area contributed by atoms with Crippen molar-refractivity contribution in [3.8, 4) is 0 Å². The van der Waals surface area contributed by atoms with Crippen LogP contribution in [0.2, 0.25) is 0 Å². The summed E-state index contributed by atoms with van der Waals surface area (Å²) in [5.74, 6) is 0.998. The van der Waals surface area contributed by atoms with Gasteiger partial charge in [-0.05, 0) is 6.92 Å². The molecule has 1 rings (SSSR count). The van der Waals surface area contributed by atoms with Crippen LogP contribution in [-0.4, -0.2) is 17.0 Å². The Morgan fingerprint density at radius 1 is 1.50 bits per heavy atom. The Labute approximate surface area is 71.5 Å². The molecule has 1 aromatic rings. The van der Waals surface area contributed by atoms with E-state index in [1.54, 1.807) is 13.1 Å². The van der Waals surface area contributed by atoms with Gasteiger partial charge in [0.15, 0.2) is 0 Å². The molecule has 0 aliphatic heterocycles. The van der Waals surface area contributed by atoms with Crippen LogP contribution in [0, 0.1) is 6.92 Å². The number of nitrogens with two attached hydrogens (primary N) is 1. The highest BCUT2D eigenvalue weighted by Gasteiger charge is 2.04. The Bertz CT molecular complexity index is 306. The van der Waals surface area contributed by atoms with Gasteiger partial charge in [-0.3, -0.25) is 0 Å². The average Bonchev–Trinajstić information content (AvgIpc) is 2.03. The largest absolute Gasteiger partial charge is 0.372 e. The number of nitrogen functional groups attached to an aromatic ring is 1. The average molecular weight is 164 g/mol. The molecular weight excluding hydrogens is 152 g/mol. The van der Waals surface area contributed by atoms with Crippen molar-refractivity contribution in [3.05, 3.63) is 17.8 Å². The van der Waals surface area contributed by atoms with Gasteiger partial charge in [0.25, 0.3) is 0 Å². The number of aromatic nitrogens is 2. The smallest absolute Gasteiger partial charge is 0.222 e. The molecule has 4 nitrogen and oxygen atoms in total. The van der Waals surface area contributed by atoms with Crippen LogP contribution >= 0.6 is 0 Å². The lowest BCUT2D eigenvalue weighted by molar-refractivity contribution is 1.10. The Kier molecular flexibility index (Phi) is 2.28. The van der Waals surface area contributed by atoms with Gasteiger partial charge in [0.05, 0.1) is 5.69 Å². The van der Waals surface area contributed by atoms with Crippen molar-refractivity contribution in [1.82, 2.24) is 9.97 Å². The van der Waals surface area contributed by atoms with Crippen molar-refractivity contribution in [2.45, 2.75) is 6.92 Å². The third-order valence-electron chi connectivity index (χ3n) is 1.59. The van der Waals surface area contributed by atoms with E-state index in [0.717, 1.165) is 17.1 Å². The monoisotopic (exact) mass is 164 g/mol. The van der Waals surface area contributed by atoms with Crippen LogP contribution in [0.25, 0.3) is 6.08 Å². The zero-order chi connectivity index (χ0) is 9.14. The molecule has 0 amide bonds. The molecule has 1 aromatic heterocycles. The lowest BCUT2D eigenvalue weighted by atomic mass is 10.2. The van der Waals surface area contributed by atoms with Crippen LogP contribution in [-0.2, 0) is 0 Å². The van der Waals surface area contributed by atoms with Crippen LogP contribution in [0.4, 0.5) is 11.8 Å². The van der Waals surface area contributed by atoms with Crippen molar-refractivity contribution in [2.24, 2.45) is 0 Å². The molecule has 0 atom stereocenters. The quantitative estimate of drug-likeness (QED) is 0.685. The third kappa shape index (κ3) is 1.37. The summed E-state index contributed by atoms with van der Waals surface area (Å²) in [5, 5.41) is 2.93. The second-order valence-corrected chi connectivity index (χ2v) is 2.38. The van der Waals surface area contributed by atoms with Crippen LogP contribution in [0.3, 0.4) is 0 Å². The molecule has 0 bridgehead atoms. The lowest BCUT2D eigenvalue weighted by Crippen LogP contribution is -2.04. The highest BCUT2D eigenvalue weighted by Crippen LogP contribution is 2.17. The molecule has 12 heavy (non-hydrogen) atoms. The molecule has 0 radical (unpaired) electrons. The van der Waals surface area contributed by atoms with Crippen molar-refractivity contribution in [3.63, 3.8) is 0 Å². The zero-order valence-corrected chi connectivity index (χ0v) is 7.26. The minimum Gasteiger partial charge on any atom is -0.372 e. The minimum atomic E-state index is 0.280. The number of aryl methyl sites for hydroxylation is 1. The topological polar surface area (TPSA) is 63.8 Å². The summed E-state index contributed by atoms with van der Waals surface area (Å²) in [7, 11) is 1.79. The molecule has 0 unspecified atom stereocenters. The van der Waals surface area contributed by atoms with E-state index in [1.807, 2.05) is 6.92 Å². The second kappa shape index (κ2) is 3.21. The molecule has 3 N–H and O–H groups in total. The van der Waals surface area contributed by atoms with E-state index in [0.29, 0.717) is 0 Å². The SMILES string of the molecule is C=Cc1c(C)nc(N)nc1NC. The number of rotatable bonds is 2. The molecule has 0 saturated carbocycles. The molecule has 0 saturated heterocycles. The maximum atomic E-state index is 5.46. The summed E-state index contributed by atoms with van der Waals surface area (Å²) >= 11 is 0. The molecule has 0 spiro atoms. The number of nitrogens with one attached hydrogen (secondary N) is 1. The first-order chi connectivity index (χ1) is 5.69. The van der Waals surface area contributed by atoms with Crippen molar-refractivity contribution < 1.29 is 0 Å². The highest BCUT2D eigenvalue weighted by atomic mass is 15.1. The lowest BCUT2D eigenvalue weighted by Gasteiger charge is -2.06. The Morgan fingerprint density at radius 2 is 2.17 bits per heavy atom. The fourth-order valence-electron chi connectivity index (χ4n) is 1.04. The van der Waals surface area contributed by atoms with Crippen LogP contribution < -0.4 is 11.1 Å². The molecular formula is C8H12N4. The summed E-state index contributed by atoms with van der Waals surface area (Å²) in [5.41, 5.74) is 7.19. The first-order valence-electron chi connectivity index (χ1n) is 3.63. The van der Waals surface area contributed by atoms with Gasteiger partial charge in [0, 0.05) is 12.6 Å². The van der Waals surface area contributed by atoms with Crippen molar-refractivity contribution in [1.29, 1.82) is 0 Å². The van der Waals surface area contributed by atoms with E-state index >= 15 is 0 Å². The Hall–Kier alpha value is -1.58. The summed E-state index contributed by atoms with van der Waals surface area (Å²) < 4.78 is 0. The maximum Gasteiger partial charge on any atom is 0.222 e. The van der Waals surface area contributed by atoms with Crippen molar-refractivity contribution in [2.75, 3.05) is 18.1 Å². The van der Waals surface area contributed by atoms with Gasteiger partial charge in [-0.2, -0.15) is 4.98 Å². The normalized spacial score (nSPS) is 9.50. The molecule has 0 fully saturated rings. The van der Waals surface area contributed by atoms with Gasteiger partial charge >= 0.3 is 0 Å². The summed E-state index contributed by atoms with van der Waals surface area (Å²) in [6.45, 7) is 5.54. The number of anilines is 2. The molecule has 0 aliphatic carbocycles. The third-order valence-corrected chi connectivity index (χ3v) is 1.59. The second-order valence-electron chi connectivity index (χ2n) is 2.38. The van der Waals surface area contributed by atoms with Crippen LogP contribution in [0.1, 0.15) is 11.3 Å². The van der Waals surface area contributed by atoms with Crippen LogP contribution in [0.5, 0.6) is 0 Å². The molecule has 0 aliphatic rings. The first-order valence-corrected chi connectivity index (χ1v) is 3.63. The summed E-state index contributed by atoms with van der Waals surface area (Å²) in [6.07, 6.45) is 1.71. The van der Waals surface area contributed by atoms with Gasteiger partial charge in [0.1, 0.15) is 5.82 Å². The summed E-state index contributed by atoms with van der Waals surface area (Å²) in [4.78, 5) is 8.02. The predicted octanol–water partition coefficient (Wildman–Crippen LogP) is 1.05. The first kappa shape index (κ1) is 8.52. The van der Waals surface area contributed by atoms with E-state index in [-0.39, 0.29) is 5.95 Å². The van der Waals surface area contributed by atoms with Gasteiger partial charge in [-0.25, -0.2) is 4.98 Å². The van der Waals surface area contributed by atoms with Gasteiger partial charge in [-0.1, -0.05) is 12.7 Å². The predicted molar refractivity (Wildman–Crippen MR) is 50.8 cm³/mol. The standard InChI is InChI=1S/C8H12N4/c1-4-6-5(2)11-8(9)12-7(6)10-3/h4H,1H2,2-3H3,(H3,9,10,11,12). The van der Waals surface area contributed by atoms with E-state index < -0.39 is 0 Å². The van der Waals surface area contributed by atoms with Gasteiger partial charge in [-0.15, -0.1) is 0 Å². The van der Waals surface area contributed by atoms with Crippen LogP contribution in [0.15, 0.2) is 6.58 Å². The molecule has 1 heterocycles. The van der Waals surface area contributed by atoms with E-state index in [2.05, 4.69) is 21.9 Å². The Balaban J connectivity index is 3.33. The number of hydrogen-bond acceptors (Lipinski definition) is 4. The summed E-state index contributed by atoms with van der Waals surface area (Å²) in [6, 6.07) is 0. The Morgan fingerprint density at radius 3 is 2.67 bits per heavy atom. The number of hydrogen-bond donors (Lipinski definition) is 2. The van der Waals surface area contributed by atoms with E-state index in [4.69, 9.17) is 5.73 Å².